The van der Waals surface area contributed by atoms with Crippen LogP contribution in [0.3, 0.4) is 0 Å². The van der Waals surface area contributed by atoms with Crippen LogP contribution in [-0.4, -0.2) is 19.2 Å². The number of esters is 1. The largest absolute Gasteiger partial charge is 0.493 e. The normalized spacial score (nSPS) is 14.6. The molecule has 0 heterocycles. The summed E-state index contributed by atoms with van der Waals surface area (Å²) in [5.74, 6) is 1.28. The van der Waals surface area contributed by atoms with E-state index in [2.05, 4.69) is 0 Å². The molecule has 0 saturated heterocycles. The van der Waals surface area contributed by atoms with Gasteiger partial charge in [-0.1, -0.05) is 0 Å². The Hall–Kier alpha value is -1.51. The average Bonchev–Trinajstić information content (AvgIpc) is 3.11. The second kappa shape index (κ2) is 5.01. The van der Waals surface area contributed by atoms with Crippen LogP contribution >= 0.6 is 0 Å². The molecule has 1 saturated carbocycles. The molecule has 1 aliphatic rings. The summed E-state index contributed by atoms with van der Waals surface area (Å²) in [6.07, 6.45) is 2.56. The minimum atomic E-state index is -0.281. The monoisotopic (exact) mass is 220 g/mol. The van der Waals surface area contributed by atoms with E-state index >= 15 is 0 Å². The maximum absolute atomic E-state index is 11.4. The van der Waals surface area contributed by atoms with Gasteiger partial charge in [0.1, 0.15) is 5.75 Å². The molecule has 3 heteroatoms. The fourth-order valence-electron chi connectivity index (χ4n) is 1.40. The predicted molar refractivity (Wildman–Crippen MR) is 60.6 cm³/mol. The van der Waals surface area contributed by atoms with E-state index in [4.69, 9.17) is 9.47 Å². The molecule has 0 aromatic heterocycles. The lowest BCUT2D eigenvalue weighted by atomic mass is 10.2. The second-order valence-corrected chi connectivity index (χ2v) is 4.00. The maximum Gasteiger partial charge on any atom is 0.338 e. The second-order valence-electron chi connectivity index (χ2n) is 4.00. The van der Waals surface area contributed by atoms with Gasteiger partial charge in [-0.2, -0.15) is 0 Å². The van der Waals surface area contributed by atoms with Crippen molar-refractivity contribution < 1.29 is 14.3 Å². The molecule has 3 nitrogen and oxygen atoms in total. The average molecular weight is 220 g/mol. The molecule has 1 aliphatic carbocycles. The summed E-state index contributed by atoms with van der Waals surface area (Å²) in [5.41, 5.74) is 0.570. The lowest BCUT2D eigenvalue weighted by Crippen LogP contribution is -2.04. The highest BCUT2D eigenvalue weighted by molar-refractivity contribution is 5.89. The van der Waals surface area contributed by atoms with E-state index in [0.717, 1.165) is 18.3 Å². The Morgan fingerprint density at radius 2 is 2.00 bits per heavy atom. The van der Waals surface area contributed by atoms with E-state index in [0.29, 0.717) is 12.2 Å². The first-order valence-electron chi connectivity index (χ1n) is 5.69. The number of hydrogen-bond acceptors (Lipinski definition) is 3. The van der Waals surface area contributed by atoms with Gasteiger partial charge in [-0.15, -0.1) is 0 Å². The summed E-state index contributed by atoms with van der Waals surface area (Å²) >= 11 is 0. The third kappa shape index (κ3) is 2.99. The predicted octanol–water partition coefficient (Wildman–Crippen LogP) is 2.65. The van der Waals surface area contributed by atoms with Crippen molar-refractivity contribution in [2.75, 3.05) is 13.2 Å². The van der Waals surface area contributed by atoms with Gasteiger partial charge >= 0.3 is 5.97 Å². The SMILES string of the molecule is CCOC(=O)c1ccc(OCC2CC2)cc1. The fourth-order valence-corrected chi connectivity index (χ4v) is 1.40. The van der Waals surface area contributed by atoms with E-state index < -0.39 is 0 Å². The fraction of sp³-hybridized carbons (Fsp3) is 0.462. The molecule has 86 valence electrons. The maximum atomic E-state index is 11.4. The van der Waals surface area contributed by atoms with Gasteiger partial charge in [-0.05, 0) is 49.9 Å². The van der Waals surface area contributed by atoms with Gasteiger partial charge in [0.2, 0.25) is 0 Å². The Morgan fingerprint density at radius 1 is 1.31 bits per heavy atom. The topological polar surface area (TPSA) is 35.5 Å². The van der Waals surface area contributed by atoms with E-state index in [9.17, 15) is 4.79 Å². The van der Waals surface area contributed by atoms with Crippen LogP contribution in [0.2, 0.25) is 0 Å². The number of benzene rings is 1. The zero-order valence-electron chi connectivity index (χ0n) is 9.44. The van der Waals surface area contributed by atoms with Crippen molar-refractivity contribution in [3.05, 3.63) is 29.8 Å². The van der Waals surface area contributed by atoms with Crippen LogP contribution in [0.15, 0.2) is 24.3 Å². The number of rotatable bonds is 5. The molecule has 0 atom stereocenters. The molecular formula is C13H16O3. The Labute approximate surface area is 95.4 Å². The molecule has 0 bridgehead atoms. The molecule has 0 unspecified atom stereocenters. The van der Waals surface area contributed by atoms with Crippen molar-refractivity contribution in [3.8, 4) is 5.75 Å². The third-order valence-corrected chi connectivity index (χ3v) is 2.55. The highest BCUT2D eigenvalue weighted by Gasteiger charge is 2.21. The van der Waals surface area contributed by atoms with Crippen LogP contribution in [0.1, 0.15) is 30.1 Å². The van der Waals surface area contributed by atoms with Crippen LogP contribution in [0.25, 0.3) is 0 Å². The highest BCUT2D eigenvalue weighted by atomic mass is 16.5. The smallest absolute Gasteiger partial charge is 0.338 e. The van der Waals surface area contributed by atoms with Crippen molar-refractivity contribution in [3.63, 3.8) is 0 Å². The van der Waals surface area contributed by atoms with Crippen LogP contribution < -0.4 is 4.74 Å². The minimum absolute atomic E-state index is 0.281. The summed E-state index contributed by atoms with van der Waals surface area (Å²) in [6, 6.07) is 7.10. The highest BCUT2D eigenvalue weighted by Crippen LogP contribution is 2.29. The number of carbonyl (C=O) groups excluding carboxylic acids is 1. The molecule has 0 spiro atoms. The van der Waals surface area contributed by atoms with Crippen molar-refractivity contribution >= 4 is 5.97 Å². The molecular weight excluding hydrogens is 204 g/mol. The lowest BCUT2D eigenvalue weighted by Gasteiger charge is -2.06. The molecule has 1 fully saturated rings. The van der Waals surface area contributed by atoms with E-state index in [1.165, 1.54) is 12.8 Å². The van der Waals surface area contributed by atoms with Gasteiger partial charge < -0.3 is 9.47 Å². The first-order chi connectivity index (χ1) is 7.79. The standard InChI is InChI=1S/C13H16O3/c1-2-15-13(14)11-5-7-12(8-6-11)16-9-10-3-4-10/h5-8,10H,2-4,9H2,1H3. The number of carbonyl (C=O) groups is 1. The van der Waals surface area contributed by atoms with E-state index in [-0.39, 0.29) is 5.97 Å². The van der Waals surface area contributed by atoms with Gasteiger partial charge in [0, 0.05) is 0 Å². The zero-order valence-corrected chi connectivity index (χ0v) is 9.44. The molecule has 0 aliphatic heterocycles. The summed E-state index contributed by atoms with van der Waals surface area (Å²) in [6.45, 7) is 2.99. The quantitative estimate of drug-likeness (QED) is 0.715. The first kappa shape index (κ1) is 11.0. The van der Waals surface area contributed by atoms with Gasteiger partial charge in [-0.3, -0.25) is 0 Å². The number of ether oxygens (including phenoxy) is 2. The van der Waals surface area contributed by atoms with Crippen LogP contribution in [-0.2, 0) is 4.74 Å². The van der Waals surface area contributed by atoms with Gasteiger partial charge in [0.05, 0.1) is 18.8 Å². The van der Waals surface area contributed by atoms with Gasteiger partial charge in [0.25, 0.3) is 0 Å². The summed E-state index contributed by atoms with van der Waals surface area (Å²) in [4.78, 5) is 11.4. The lowest BCUT2D eigenvalue weighted by molar-refractivity contribution is 0.0526. The van der Waals surface area contributed by atoms with Crippen LogP contribution in [0.4, 0.5) is 0 Å². The van der Waals surface area contributed by atoms with Gasteiger partial charge in [0.15, 0.2) is 0 Å². The molecule has 1 aromatic rings. The molecule has 0 amide bonds. The van der Waals surface area contributed by atoms with Crippen molar-refractivity contribution in [1.29, 1.82) is 0 Å². The summed E-state index contributed by atoms with van der Waals surface area (Å²) in [7, 11) is 0. The molecule has 2 rings (SSSR count). The summed E-state index contributed by atoms with van der Waals surface area (Å²) in [5, 5.41) is 0. The van der Waals surface area contributed by atoms with Crippen LogP contribution in [0.5, 0.6) is 5.75 Å². The number of hydrogen-bond donors (Lipinski definition) is 0. The zero-order chi connectivity index (χ0) is 11.4. The van der Waals surface area contributed by atoms with E-state index in [1.807, 2.05) is 12.1 Å². The molecule has 16 heavy (non-hydrogen) atoms. The summed E-state index contributed by atoms with van der Waals surface area (Å²) < 4.78 is 10.5. The minimum Gasteiger partial charge on any atom is -0.493 e. The molecule has 0 radical (unpaired) electrons. The van der Waals surface area contributed by atoms with Gasteiger partial charge in [-0.25, -0.2) is 4.79 Å². The van der Waals surface area contributed by atoms with Crippen molar-refractivity contribution in [1.82, 2.24) is 0 Å². The Balaban J connectivity index is 1.89. The van der Waals surface area contributed by atoms with Crippen molar-refractivity contribution in [2.45, 2.75) is 19.8 Å². The molecule has 0 N–H and O–H groups in total. The van der Waals surface area contributed by atoms with E-state index in [1.54, 1.807) is 19.1 Å². The molecule has 1 aromatic carbocycles. The first-order valence-corrected chi connectivity index (χ1v) is 5.69. The van der Waals surface area contributed by atoms with Crippen LogP contribution in [0, 0.1) is 5.92 Å². The Kier molecular flexibility index (Phi) is 3.44. The van der Waals surface area contributed by atoms with Crippen molar-refractivity contribution in [2.24, 2.45) is 5.92 Å². The third-order valence-electron chi connectivity index (χ3n) is 2.55. The Bertz CT molecular complexity index is 352. The Morgan fingerprint density at radius 3 is 2.56 bits per heavy atom.